The van der Waals surface area contributed by atoms with Crippen LogP contribution in [-0.4, -0.2) is 36.5 Å². The molecule has 1 aliphatic heterocycles. The van der Waals surface area contributed by atoms with Gasteiger partial charge in [0, 0.05) is 4.90 Å². The fourth-order valence-electron chi connectivity index (χ4n) is 2.12. The zero-order valence-electron chi connectivity index (χ0n) is 11.1. The molecule has 0 bridgehead atoms. The highest BCUT2D eigenvalue weighted by Crippen LogP contribution is 2.45. The van der Waals surface area contributed by atoms with Crippen LogP contribution in [0.2, 0.25) is 5.02 Å². The summed E-state index contributed by atoms with van der Waals surface area (Å²) in [7, 11) is 0. The van der Waals surface area contributed by atoms with Crippen molar-refractivity contribution in [2.45, 2.75) is 11.5 Å². The first-order valence-corrected chi connectivity index (χ1v) is 7.41. The SMILES string of the molecule is O=C(O)CSc1cc2c(c([N+](=O)[O-])c1Cl)-n1c(n[nH]c1=O)CO2. The van der Waals surface area contributed by atoms with E-state index in [2.05, 4.69) is 10.2 Å². The maximum atomic E-state index is 11.9. The van der Waals surface area contributed by atoms with Crippen molar-refractivity contribution in [2.24, 2.45) is 0 Å². The second-order valence-electron chi connectivity index (χ2n) is 4.39. The highest BCUT2D eigenvalue weighted by atomic mass is 35.5. The number of benzene rings is 1. The van der Waals surface area contributed by atoms with E-state index in [0.717, 1.165) is 16.3 Å². The number of aromatic amines is 1. The second-order valence-corrected chi connectivity index (χ2v) is 5.79. The summed E-state index contributed by atoms with van der Waals surface area (Å²) in [6, 6.07) is 1.38. The third-order valence-corrected chi connectivity index (χ3v) is 4.52. The number of aliphatic carboxylic acids is 1. The monoisotopic (exact) mass is 358 g/mol. The lowest BCUT2D eigenvalue weighted by molar-refractivity contribution is -0.384. The number of rotatable bonds is 4. The largest absolute Gasteiger partial charge is 0.483 e. The molecule has 0 saturated heterocycles. The van der Waals surface area contributed by atoms with Crippen molar-refractivity contribution in [3.63, 3.8) is 0 Å². The fraction of sp³-hybridized carbons (Fsp3) is 0.182. The van der Waals surface area contributed by atoms with Crippen LogP contribution in [0.5, 0.6) is 5.75 Å². The van der Waals surface area contributed by atoms with E-state index in [1.807, 2.05) is 0 Å². The highest BCUT2D eigenvalue weighted by Gasteiger charge is 2.33. The van der Waals surface area contributed by atoms with Gasteiger partial charge in [-0.15, -0.1) is 11.8 Å². The Morgan fingerprint density at radius 3 is 3.04 bits per heavy atom. The van der Waals surface area contributed by atoms with E-state index in [4.69, 9.17) is 21.4 Å². The molecule has 3 rings (SSSR count). The van der Waals surface area contributed by atoms with Gasteiger partial charge in [0.2, 0.25) is 0 Å². The van der Waals surface area contributed by atoms with Crippen molar-refractivity contribution < 1.29 is 19.6 Å². The molecule has 2 heterocycles. The molecule has 0 fully saturated rings. The number of nitro benzene ring substituents is 1. The molecule has 1 aromatic heterocycles. The molecular formula is C11H7ClN4O6S. The number of hydrogen-bond acceptors (Lipinski definition) is 7. The predicted molar refractivity (Wildman–Crippen MR) is 78.5 cm³/mol. The molecule has 10 nitrogen and oxygen atoms in total. The summed E-state index contributed by atoms with van der Waals surface area (Å²) in [5.74, 6) is -1.19. The van der Waals surface area contributed by atoms with Crippen LogP contribution in [0.3, 0.4) is 0 Å². The van der Waals surface area contributed by atoms with Crippen LogP contribution < -0.4 is 10.4 Å². The summed E-state index contributed by atoms with van der Waals surface area (Å²) in [6.07, 6.45) is 0. The number of nitrogens with one attached hydrogen (secondary N) is 1. The third kappa shape index (κ3) is 2.53. The quantitative estimate of drug-likeness (QED) is 0.471. The Balaban J connectivity index is 2.25. The summed E-state index contributed by atoms with van der Waals surface area (Å²) < 4.78 is 6.41. The first-order chi connectivity index (χ1) is 10.9. The molecule has 0 saturated carbocycles. The van der Waals surface area contributed by atoms with E-state index in [9.17, 15) is 19.7 Å². The molecular weight excluding hydrogens is 352 g/mol. The van der Waals surface area contributed by atoms with Gasteiger partial charge in [-0.25, -0.2) is 14.5 Å². The van der Waals surface area contributed by atoms with Gasteiger partial charge in [0.25, 0.3) is 0 Å². The number of halogens is 1. The van der Waals surface area contributed by atoms with Crippen LogP contribution in [0.4, 0.5) is 5.69 Å². The van der Waals surface area contributed by atoms with E-state index in [-0.39, 0.29) is 39.5 Å². The number of carboxylic acid groups (broad SMARTS) is 1. The summed E-state index contributed by atoms with van der Waals surface area (Å²) >= 11 is 6.87. The Bertz CT molecular complexity index is 891. The predicted octanol–water partition coefficient (Wildman–Crippen LogP) is 1.19. The van der Waals surface area contributed by atoms with Gasteiger partial charge in [0.05, 0.1) is 10.7 Å². The van der Waals surface area contributed by atoms with Crippen molar-refractivity contribution in [3.8, 4) is 11.4 Å². The van der Waals surface area contributed by atoms with E-state index < -0.39 is 22.3 Å². The fourth-order valence-corrected chi connectivity index (χ4v) is 3.19. The number of aromatic nitrogens is 3. The molecule has 0 amide bonds. The molecule has 1 aliphatic rings. The van der Waals surface area contributed by atoms with Gasteiger partial charge in [-0.3, -0.25) is 14.9 Å². The van der Waals surface area contributed by atoms with Crippen LogP contribution in [-0.2, 0) is 11.4 Å². The average molecular weight is 359 g/mol. The van der Waals surface area contributed by atoms with Crippen molar-refractivity contribution in [1.29, 1.82) is 0 Å². The molecule has 1 aromatic carbocycles. The maximum absolute atomic E-state index is 11.9. The molecule has 120 valence electrons. The number of carboxylic acids is 1. The molecule has 2 N–H and O–H groups in total. The minimum Gasteiger partial charge on any atom is -0.483 e. The number of fused-ring (bicyclic) bond motifs is 3. The average Bonchev–Trinajstić information content (AvgIpc) is 2.86. The molecule has 0 unspecified atom stereocenters. The zero-order valence-corrected chi connectivity index (χ0v) is 12.7. The molecule has 2 aromatic rings. The van der Waals surface area contributed by atoms with Gasteiger partial charge in [-0.1, -0.05) is 11.6 Å². The Morgan fingerprint density at radius 2 is 2.39 bits per heavy atom. The zero-order chi connectivity index (χ0) is 16.7. The van der Waals surface area contributed by atoms with Crippen LogP contribution in [0.1, 0.15) is 5.82 Å². The van der Waals surface area contributed by atoms with Crippen LogP contribution in [0, 0.1) is 10.1 Å². The minimum absolute atomic E-state index is 0.0602. The lowest BCUT2D eigenvalue weighted by Gasteiger charge is -2.19. The van der Waals surface area contributed by atoms with E-state index >= 15 is 0 Å². The van der Waals surface area contributed by atoms with Crippen LogP contribution in [0.25, 0.3) is 5.69 Å². The normalized spacial score (nSPS) is 12.2. The summed E-state index contributed by atoms with van der Waals surface area (Å²) in [6.45, 7) is -0.0619. The summed E-state index contributed by atoms with van der Waals surface area (Å²) in [4.78, 5) is 33.4. The molecule has 0 radical (unpaired) electrons. The number of thioether (sulfide) groups is 1. The van der Waals surface area contributed by atoms with E-state index in [1.165, 1.54) is 6.07 Å². The third-order valence-electron chi connectivity index (χ3n) is 3.00. The Hall–Kier alpha value is -2.53. The van der Waals surface area contributed by atoms with Gasteiger partial charge >= 0.3 is 17.3 Å². The molecule has 0 atom stereocenters. The van der Waals surface area contributed by atoms with Gasteiger partial charge < -0.3 is 9.84 Å². The number of nitrogens with zero attached hydrogens (tertiary/aromatic N) is 3. The highest BCUT2D eigenvalue weighted by molar-refractivity contribution is 8.00. The molecule has 12 heteroatoms. The Morgan fingerprint density at radius 1 is 1.65 bits per heavy atom. The molecule has 0 spiro atoms. The molecule has 0 aliphatic carbocycles. The van der Waals surface area contributed by atoms with Crippen LogP contribution in [0.15, 0.2) is 15.8 Å². The van der Waals surface area contributed by atoms with Gasteiger partial charge in [-0.2, -0.15) is 5.10 Å². The summed E-state index contributed by atoms with van der Waals surface area (Å²) in [5.41, 5.74) is -1.32. The number of nitro groups is 1. The van der Waals surface area contributed by atoms with Crippen molar-refractivity contribution >= 4 is 35.0 Å². The van der Waals surface area contributed by atoms with Crippen LogP contribution >= 0.6 is 23.4 Å². The second kappa shape index (κ2) is 5.59. The number of H-pyrrole nitrogens is 1. The summed E-state index contributed by atoms with van der Waals surface area (Å²) in [5, 5.41) is 25.8. The van der Waals surface area contributed by atoms with E-state index in [0.29, 0.717) is 0 Å². The van der Waals surface area contributed by atoms with Crippen molar-refractivity contribution in [3.05, 3.63) is 37.5 Å². The molecule has 23 heavy (non-hydrogen) atoms. The minimum atomic E-state index is -1.10. The smallest absolute Gasteiger partial charge is 0.348 e. The first kappa shape index (κ1) is 15.4. The maximum Gasteiger partial charge on any atom is 0.348 e. The van der Waals surface area contributed by atoms with Gasteiger partial charge in [0.15, 0.2) is 17.3 Å². The Kier molecular flexibility index (Phi) is 3.74. The van der Waals surface area contributed by atoms with Crippen molar-refractivity contribution in [2.75, 3.05) is 5.75 Å². The van der Waals surface area contributed by atoms with Gasteiger partial charge in [0.1, 0.15) is 11.6 Å². The standard InChI is InChI=1S/C11H7ClN4O6S/c12-8-5(23-3-7(17)18)1-4-9(10(8)16(20)21)15-6(2-22-4)13-14-11(15)19/h1H,2-3H2,(H,14,19)(H,17,18). The number of hydrogen-bond donors (Lipinski definition) is 2. The van der Waals surface area contributed by atoms with Crippen molar-refractivity contribution in [1.82, 2.24) is 14.8 Å². The number of carbonyl (C=O) groups is 1. The van der Waals surface area contributed by atoms with Gasteiger partial charge in [-0.05, 0) is 6.07 Å². The topological polar surface area (TPSA) is 140 Å². The lowest BCUT2D eigenvalue weighted by Crippen LogP contribution is -2.23. The Labute approximate surface area is 136 Å². The first-order valence-electron chi connectivity index (χ1n) is 6.05. The number of ether oxygens (including phenoxy) is 1. The lowest BCUT2D eigenvalue weighted by atomic mass is 10.2. The van der Waals surface area contributed by atoms with E-state index in [1.54, 1.807) is 0 Å².